The number of nitrogen functional groups attached to an aromatic ring is 1. The zero-order chi connectivity index (χ0) is 15.6. The molecule has 21 heavy (non-hydrogen) atoms. The van der Waals surface area contributed by atoms with E-state index in [2.05, 4.69) is 30.2 Å². The van der Waals surface area contributed by atoms with Crippen LogP contribution in [0.25, 0.3) is 0 Å². The summed E-state index contributed by atoms with van der Waals surface area (Å²) < 4.78 is 0. The van der Waals surface area contributed by atoms with E-state index >= 15 is 0 Å². The molecule has 2 aromatic heterocycles. The van der Waals surface area contributed by atoms with Crippen molar-refractivity contribution in [1.29, 1.82) is 0 Å². The molecule has 2 aromatic rings. The third-order valence-electron chi connectivity index (χ3n) is 3.29. The number of nitrogens with one attached hydrogen (secondary N) is 1. The number of hydrogen-bond acceptors (Lipinski definition) is 6. The highest BCUT2D eigenvalue weighted by Crippen LogP contribution is 2.27. The molecule has 0 saturated heterocycles. The van der Waals surface area contributed by atoms with Crippen molar-refractivity contribution in [3.05, 3.63) is 26.3 Å². The van der Waals surface area contributed by atoms with Gasteiger partial charge < -0.3 is 16.0 Å². The largest absolute Gasteiger partial charge is 0.382 e. The topological polar surface area (TPSA) is 71.2 Å². The molecule has 0 aliphatic heterocycles. The molecule has 0 fully saturated rings. The van der Waals surface area contributed by atoms with Crippen molar-refractivity contribution in [3.63, 3.8) is 0 Å². The number of rotatable bonds is 5. The van der Waals surface area contributed by atoms with Gasteiger partial charge in [0.2, 0.25) is 0 Å². The second-order valence-electron chi connectivity index (χ2n) is 4.86. The Morgan fingerprint density at radius 1 is 1.43 bits per heavy atom. The predicted octanol–water partition coefficient (Wildman–Crippen LogP) is 2.79. The van der Waals surface area contributed by atoms with E-state index in [4.69, 9.17) is 5.73 Å². The minimum Gasteiger partial charge on any atom is -0.382 e. The molecule has 3 N–H and O–H groups in total. The van der Waals surface area contributed by atoms with Gasteiger partial charge in [0.05, 0.1) is 6.54 Å². The number of carbonyl (C=O) groups excluding carboxylic acids is 1. The molecule has 5 nitrogen and oxygen atoms in total. The molecule has 114 valence electrons. The summed E-state index contributed by atoms with van der Waals surface area (Å²) in [5.41, 5.74) is 7.10. The monoisotopic (exact) mass is 324 g/mol. The number of hydrogen-bond donors (Lipinski definition) is 2. The molecule has 0 bridgehead atoms. The fourth-order valence-electron chi connectivity index (χ4n) is 1.77. The number of nitrogens with zero attached hydrogens (tertiary/aromatic N) is 2. The molecule has 0 spiro atoms. The molecule has 0 saturated carbocycles. The van der Waals surface area contributed by atoms with Gasteiger partial charge in [-0.15, -0.1) is 11.3 Å². The third-order valence-corrected chi connectivity index (χ3v) is 5.63. The lowest BCUT2D eigenvalue weighted by molar-refractivity contribution is 0.0956. The molecular formula is C14H20N4OS2. The second kappa shape index (κ2) is 6.44. The van der Waals surface area contributed by atoms with Crippen LogP contribution in [0.5, 0.6) is 0 Å². The van der Waals surface area contributed by atoms with E-state index in [1.54, 1.807) is 11.3 Å². The van der Waals surface area contributed by atoms with Crippen LogP contribution in [-0.2, 0) is 6.54 Å². The van der Waals surface area contributed by atoms with Gasteiger partial charge in [0.15, 0.2) is 5.13 Å². The number of nitrogens with two attached hydrogens (primary N) is 1. The lowest BCUT2D eigenvalue weighted by Crippen LogP contribution is -2.22. The number of thiophene rings is 1. The molecule has 2 rings (SSSR count). The summed E-state index contributed by atoms with van der Waals surface area (Å²) in [7, 11) is 1.93. The molecular weight excluding hydrogens is 304 g/mol. The van der Waals surface area contributed by atoms with Crippen molar-refractivity contribution in [2.24, 2.45) is 0 Å². The molecule has 2 heterocycles. The van der Waals surface area contributed by atoms with E-state index in [-0.39, 0.29) is 5.91 Å². The number of aromatic nitrogens is 1. The molecule has 0 radical (unpaired) electrons. The minimum atomic E-state index is -0.163. The zero-order valence-electron chi connectivity index (χ0n) is 12.7. The van der Waals surface area contributed by atoms with Gasteiger partial charge in [-0.25, -0.2) is 4.98 Å². The fraction of sp³-hybridized carbons (Fsp3) is 0.429. The highest BCUT2D eigenvalue weighted by molar-refractivity contribution is 7.18. The summed E-state index contributed by atoms with van der Waals surface area (Å²) >= 11 is 3.03. The van der Waals surface area contributed by atoms with Crippen molar-refractivity contribution < 1.29 is 4.79 Å². The van der Waals surface area contributed by atoms with E-state index in [1.807, 2.05) is 18.9 Å². The number of anilines is 2. The Kier molecular flexibility index (Phi) is 4.84. The van der Waals surface area contributed by atoms with Crippen molar-refractivity contribution in [3.8, 4) is 0 Å². The van der Waals surface area contributed by atoms with Crippen LogP contribution in [0.1, 0.15) is 31.9 Å². The molecule has 0 aromatic carbocycles. The maximum absolute atomic E-state index is 12.2. The standard InChI is InChI=1S/C14H20N4OS2/c1-5-18(4)14-17-12(15)11(21-14)13(19)16-7-10-6-8(2)9(3)20-10/h6H,5,7,15H2,1-4H3,(H,16,19). The lowest BCUT2D eigenvalue weighted by atomic mass is 10.3. The normalized spacial score (nSPS) is 10.7. The van der Waals surface area contributed by atoms with E-state index < -0.39 is 0 Å². The first-order valence-corrected chi connectivity index (χ1v) is 8.37. The molecule has 0 aliphatic carbocycles. The fourth-order valence-corrected chi connectivity index (χ4v) is 3.69. The van der Waals surface area contributed by atoms with Crippen LogP contribution in [0, 0.1) is 13.8 Å². The summed E-state index contributed by atoms with van der Waals surface area (Å²) in [6, 6.07) is 2.10. The predicted molar refractivity (Wildman–Crippen MR) is 90.4 cm³/mol. The highest BCUT2D eigenvalue weighted by atomic mass is 32.1. The minimum absolute atomic E-state index is 0.163. The van der Waals surface area contributed by atoms with Crippen molar-refractivity contribution >= 4 is 39.5 Å². The van der Waals surface area contributed by atoms with Gasteiger partial charge in [0, 0.05) is 23.3 Å². The smallest absolute Gasteiger partial charge is 0.265 e. The maximum Gasteiger partial charge on any atom is 0.265 e. The molecule has 0 unspecified atom stereocenters. The number of aryl methyl sites for hydroxylation is 2. The number of amides is 1. The van der Waals surface area contributed by atoms with E-state index in [0.29, 0.717) is 17.2 Å². The zero-order valence-corrected chi connectivity index (χ0v) is 14.3. The quantitative estimate of drug-likeness (QED) is 0.887. The van der Waals surface area contributed by atoms with Gasteiger partial charge in [0.1, 0.15) is 10.7 Å². The van der Waals surface area contributed by atoms with Crippen LogP contribution in [0.15, 0.2) is 6.07 Å². The third kappa shape index (κ3) is 3.54. The van der Waals surface area contributed by atoms with Gasteiger partial charge in [-0.1, -0.05) is 11.3 Å². The van der Waals surface area contributed by atoms with Crippen LogP contribution in [-0.4, -0.2) is 24.5 Å². The first-order valence-electron chi connectivity index (χ1n) is 6.74. The average Bonchev–Trinajstić information content (AvgIpc) is 2.99. The Morgan fingerprint density at radius 3 is 2.71 bits per heavy atom. The summed E-state index contributed by atoms with van der Waals surface area (Å²) in [5.74, 6) is 0.135. The SMILES string of the molecule is CCN(C)c1nc(N)c(C(=O)NCc2cc(C)c(C)s2)s1. The van der Waals surface area contributed by atoms with Crippen LogP contribution in [0.2, 0.25) is 0 Å². The molecule has 0 atom stereocenters. The van der Waals surface area contributed by atoms with E-state index in [9.17, 15) is 4.79 Å². The summed E-state index contributed by atoms with van der Waals surface area (Å²) in [6.07, 6.45) is 0. The van der Waals surface area contributed by atoms with Crippen LogP contribution < -0.4 is 16.0 Å². The second-order valence-corrected chi connectivity index (χ2v) is 7.18. The van der Waals surface area contributed by atoms with Gasteiger partial charge in [-0.2, -0.15) is 0 Å². The molecule has 1 amide bonds. The Morgan fingerprint density at radius 2 is 2.14 bits per heavy atom. The van der Waals surface area contributed by atoms with Gasteiger partial charge in [-0.05, 0) is 32.4 Å². The van der Waals surface area contributed by atoms with E-state index in [0.717, 1.165) is 16.6 Å². The highest BCUT2D eigenvalue weighted by Gasteiger charge is 2.17. The van der Waals surface area contributed by atoms with Gasteiger partial charge in [-0.3, -0.25) is 4.79 Å². The Labute approximate surface area is 132 Å². The number of carbonyl (C=O) groups is 1. The van der Waals surface area contributed by atoms with Crippen LogP contribution >= 0.6 is 22.7 Å². The van der Waals surface area contributed by atoms with Crippen LogP contribution in [0.3, 0.4) is 0 Å². The van der Waals surface area contributed by atoms with Crippen LogP contribution in [0.4, 0.5) is 10.9 Å². The van der Waals surface area contributed by atoms with E-state index in [1.165, 1.54) is 21.8 Å². The average molecular weight is 324 g/mol. The van der Waals surface area contributed by atoms with Gasteiger partial charge >= 0.3 is 0 Å². The van der Waals surface area contributed by atoms with Gasteiger partial charge in [0.25, 0.3) is 5.91 Å². The molecule has 0 aliphatic rings. The Hall–Kier alpha value is -1.60. The summed E-state index contributed by atoms with van der Waals surface area (Å²) in [6.45, 7) is 7.53. The molecule has 7 heteroatoms. The number of thiazole rings is 1. The Bertz CT molecular complexity index is 628. The lowest BCUT2D eigenvalue weighted by Gasteiger charge is -2.10. The van der Waals surface area contributed by atoms with Crippen molar-refractivity contribution in [2.45, 2.75) is 27.3 Å². The summed E-state index contributed by atoms with van der Waals surface area (Å²) in [4.78, 5) is 21.3. The first kappa shape index (κ1) is 15.8. The first-order chi connectivity index (χ1) is 9.92. The van der Waals surface area contributed by atoms with Crippen molar-refractivity contribution in [1.82, 2.24) is 10.3 Å². The Balaban J connectivity index is 2.05. The maximum atomic E-state index is 12.2. The summed E-state index contributed by atoms with van der Waals surface area (Å²) in [5, 5.41) is 3.68. The van der Waals surface area contributed by atoms with Crippen molar-refractivity contribution in [2.75, 3.05) is 24.2 Å².